The second-order valence-electron chi connectivity index (χ2n) is 3.49. The Morgan fingerprint density at radius 2 is 1.44 bits per heavy atom. The highest BCUT2D eigenvalue weighted by Gasteiger charge is 2.43. The Morgan fingerprint density at radius 1 is 1.06 bits per heavy atom. The molecular formula is C8H8N2O2S4. The molecule has 16 heavy (non-hydrogen) atoms. The predicted octanol–water partition coefficient (Wildman–Crippen LogP) is 0.655. The molecule has 2 aliphatic heterocycles. The molecule has 86 valence electrons. The topological polar surface area (TPSA) is 58.2 Å². The molecule has 2 N–H and O–H groups in total. The molecule has 0 radical (unpaired) electrons. The quantitative estimate of drug-likeness (QED) is 0.729. The van der Waals surface area contributed by atoms with Crippen LogP contribution >= 0.6 is 48.0 Å². The maximum absolute atomic E-state index is 11.6. The van der Waals surface area contributed by atoms with Crippen LogP contribution in [0.2, 0.25) is 0 Å². The fraction of sp³-hybridized carbons (Fsp3) is 0.500. The molecule has 2 saturated heterocycles. The van der Waals surface area contributed by atoms with Gasteiger partial charge in [-0.1, -0.05) is 54.9 Å². The number of thioether (sulfide) groups is 2. The number of carbonyl (C=O) groups is 2. The van der Waals surface area contributed by atoms with Crippen LogP contribution in [0.3, 0.4) is 0 Å². The summed E-state index contributed by atoms with van der Waals surface area (Å²) in [5, 5.41) is 4.57. The van der Waals surface area contributed by atoms with E-state index in [0.717, 1.165) is 0 Å². The number of thiocarbonyl (C=S) groups is 2. The lowest BCUT2D eigenvalue weighted by Gasteiger charge is -2.18. The third kappa shape index (κ3) is 2.24. The second-order valence-corrected chi connectivity index (χ2v) is 7.13. The number of hydrogen-bond acceptors (Lipinski definition) is 6. The lowest BCUT2D eigenvalue weighted by Crippen LogP contribution is -2.37. The maximum atomic E-state index is 11.6. The van der Waals surface area contributed by atoms with Crippen molar-refractivity contribution in [1.82, 2.24) is 10.6 Å². The zero-order valence-electron chi connectivity index (χ0n) is 8.18. The molecule has 0 saturated carbocycles. The summed E-state index contributed by atoms with van der Waals surface area (Å²) in [5.41, 5.74) is 0. The van der Waals surface area contributed by atoms with Crippen LogP contribution in [0.15, 0.2) is 0 Å². The average molecular weight is 292 g/mol. The van der Waals surface area contributed by atoms with E-state index in [0.29, 0.717) is 8.64 Å². The van der Waals surface area contributed by atoms with Gasteiger partial charge in [0.15, 0.2) is 0 Å². The molecule has 2 rings (SSSR count). The predicted molar refractivity (Wildman–Crippen MR) is 73.4 cm³/mol. The molecule has 2 atom stereocenters. The minimum Gasteiger partial charge on any atom is -0.311 e. The summed E-state index contributed by atoms with van der Waals surface area (Å²) in [6.45, 7) is 1.87. The van der Waals surface area contributed by atoms with Crippen LogP contribution in [0.25, 0.3) is 0 Å². The van der Waals surface area contributed by atoms with E-state index in [1.54, 1.807) is 0 Å². The van der Waals surface area contributed by atoms with E-state index in [2.05, 4.69) is 10.6 Å². The standard InChI is InChI=1S/C8H8N2O2S4/c1-2(3-5(11)9-7(13)15-3)4-6(12)10-8(14)16-4/h2-4H,1H3,(H,9,11,13)(H,10,12,14)/t3-,4-/m1/s1. The van der Waals surface area contributed by atoms with Gasteiger partial charge in [-0.15, -0.1) is 0 Å². The molecule has 0 aromatic carbocycles. The molecule has 2 fully saturated rings. The molecule has 2 aliphatic rings. The number of carbonyl (C=O) groups excluding carboxylic acids is 2. The van der Waals surface area contributed by atoms with Crippen molar-refractivity contribution < 1.29 is 9.59 Å². The first-order valence-electron chi connectivity index (χ1n) is 4.52. The van der Waals surface area contributed by atoms with E-state index in [4.69, 9.17) is 24.4 Å². The summed E-state index contributed by atoms with van der Waals surface area (Å²) in [7, 11) is 0. The molecule has 0 aromatic heterocycles. The Labute approximate surface area is 112 Å². The van der Waals surface area contributed by atoms with E-state index in [9.17, 15) is 9.59 Å². The second kappa shape index (κ2) is 4.59. The van der Waals surface area contributed by atoms with Gasteiger partial charge in [0.25, 0.3) is 0 Å². The van der Waals surface area contributed by atoms with Gasteiger partial charge in [-0.2, -0.15) is 0 Å². The van der Waals surface area contributed by atoms with Crippen LogP contribution < -0.4 is 10.6 Å². The van der Waals surface area contributed by atoms with Gasteiger partial charge in [-0.25, -0.2) is 0 Å². The molecule has 0 unspecified atom stereocenters. The van der Waals surface area contributed by atoms with E-state index < -0.39 is 0 Å². The lowest BCUT2D eigenvalue weighted by molar-refractivity contribution is -0.121. The van der Waals surface area contributed by atoms with Crippen molar-refractivity contribution in [3.05, 3.63) is 0 Å². The van der Waals surface area contributed by atoms with Gasteiger partial charge < -0.3 is 10.6 Å². The molecule has 0 bridgehead atoms. The minimum atomic E-state index is -0.295. The van der Waals surface area contributed by atoms with E-state index in [-0.39, 0.29) is 28.2 Å². The normalized spacial score (nSPS) is 29.9. The Morgan fingerprint density at radius 3 is 1.69 bits per heavy atom. The van der Waals surface area contributed by atoms with Gasteiger partial charge in [0.1, 0.15) is 8.64 Å². The molecule has 0 spiro atoms. The third-order valence-corrected chi connectivity index (χ3v) is 5.60. The van der Waals surface area contributed by atoms with Crippen molar-refractivity contribution in [2.75, 3.05) is 0 Å². The first kappa shape index (κ1) is 12.3. The summed E-state index contributed by atoms with van der Waals surface area (Å²) < 4.78 is 0.959. The smallest absolute Gasteiger partial charge is 0.239 e. The number of amides is 2. The SMILES string of the molecule is CC([C@H]1SC(=S)NC1=O)[C@H]1SC(=S)NC1=O. The van der Waals surface area contributed by atoms with E-state index >= 15 is 0 Å². The van der Waals surface area contributed by atoms with Crippen molar-refractivity contribution in [2.24, 2.45) is 5.92 Å². The number of hydrogen-bond donors (Lipinski definition) is 2. The minimum absolute atomic E-state index is 0.101. The zero-order chi connectivity index (χ0) is 11.9. The van der Waals surface area contributed by atoms with Gasteiger partial charge in [0, 0.05) is 0 Å². The van der Waals surface area contributed by atoms with Crippen molar-refractivity contribution >= 4 is 68.4 Å². The van der Waals surface area contributed by atoms with Crippen LogP contribution in [0, 0.1) is 5.92 Å². The van der Waals surface area contributed by atoms with Crippen LogP contribution in [0.4, 0.5) is 0 Å². The highest BCUT2D eigenvalue weighted by Crippen LogP contribution is 2.35. The summed E-state index contributed by atoms with van der Waals surface area (Å²) in [5.74, 6) is -0.335. The van der Waals surface area contributed by atoms with Gasteiger partial charge in [0.2, 0.25) is 11.8 Å². The summed E-state index contributed by atoms with van der Waals surface area (Å²) in [4.78, 5) is 23.2. The fourth-order valence-electron chi connectivity index (χ4n) is 1.59. The molecule has 2 amide bonds. The Balaban J connectivity index is 2.10. The maximum Gasteiger partial charge on any atom is 0.239 e. The third-order valence-electron chi connectivity index (χ3n) is 2.39. The molecule has 2 heterocycles. The molecule has 4 nitrogen and oxygen atoms in total. The molecular weight excluding hydrogens is 284 g/mol. The molecule has 0 aromatic rings. The average Bonchev–Trinajstić information content (AvgIpc) is 2.68. The Hall–Kier alpha value is -0.180. The largest absolute Gasteiger partial charge is 0.311 e. The van der Waals surface area contributed by atoms with Crippen LogP contribution in [-0.2, 0) is 9.59 Å². The van der Waals surface area contributed by atoms with Crippen molar-refractivity contribution in [3.63, 3.8) is 0 Å². The van der Waals surface area contributed by atoms with Crippen LogP contribution in [-0.4, -0.2) is 31.0 Å². The van der Waals surface area contributed by atoms with Gasteiger partial charge in [-0.05, 0) is 5.92 Å². The van der Waals surface area contributed by atoms with Gasteiger partial charge in [0.05, 0.1) is 10.5 Å². The summed E-state index contributed by atoms with van der Waals surface area (Å²) >= 11 is 12.4. The number of rotatable bonds is 2. The molecule has 0 aliphatic carbocycles. The first-order valence-corrected chi connectivity index (χ1v) is 7.09. The summed E-state index contributed by atoms with van der Waals surface area (Å²) in [6, 6.07) is 0. The lowest BCUT2D eigenvalue weighted by atomic mass is 10.0. The first-order chi connectivity index (χ1) is 7.49. The van der Waals surface area contributed by atoms with Crippen molar-refractivity contribution in [2.45, 2.75) is 17.4 Å². The monoisotopic (exact) mass is 292 g/mol. The van der Waals surface area contributed by atoms with Crippen LogP contribution in [0.5, 0.6) is 0 Å². The molecule has 8 heteroatoms. The van der Waals surface area contributed by atoms with Crippen molar-refractivity contribution in [3.8, 4) is 0 Å². The zero-order valence-corrected chi connectivity index (χ0v) is 11.4. The Bertz CT molecular complexity index is 361. The van der Waals surface area contributed by atoms with E-state index in [1.165, 1.54) is 23.5 Å². The van der Waals surface area contributed by atoms with E-state index in [1.807, 2.05) is 6.92 Å². The highest BCUT2D eigenvalue weighted by atomic mass is 32.2. The highest BCUT2D eigenvalue weighted by molar-refractivity contribution is 8.25. The fourth-order valence-corrected chi connectivity index (χ4v) is 4.37. The summed E-state index contributed by atoms with van der Waals surface area (Å²) in [6.07, 6.45) is 0. The van der Waals surface area contributed by atoms with Crippen molar-refractivity contribution in [1.29, 1.82) is 0 Å². The van der Waals surface area contributed by atoms with Gasteiger partial charge >= 0.3 is 0 Å². The number of nitrogens with one attached hydrogen (secondary N) is 2. The van der Waals surface area contributed by atoms with Crippen LogP contribution in [0.1, 0.15) is 6.92 Å². The van der Waals surface area contributed by atoms with Gasteiger partial charge in [-0.3, -0.25) is 9.59 Å². The Kier molecular flexibility index (Phi) is 3.53.